The number of aromatic nitrogens is 2. The smallest absolute Gasteiger partial charge is 0.410 e. The number of likely N-dealkylation sites (tertiary alicyclic amines) is 1. The maximum Gasteiger partial charge on any atom is 0.410 e. The van der Waals surface area contributed by atoms with E-state index in [4.69, 9.17) is 9.57 Å². The van der Waals surface area contributed by atoms with Gasteiger partial charge in [0, 0.05) is 30.9 Å². The monoisotopic (exact) mass is 412 g/mol. The second-order valence-electron chi connectivity index (χ2n) is 8.31. The van der Waals surface area contributed by atoms with Crippen molar-refractivity contribution in [2.24, 2.45) is 5.92 Å². The number of hydroxylamine groups is 1. The van der Waals surface area contributed by atoms with Crippen LogP contribution in [-0.4, -0.2) is 45.6 Å². The predicted molar refractivity (Wildman–Crippen MR) is 112 cm³/mol. The first-order valence-corrected chi connectivity index (χ1v) is 10.1. The quantitative estimate of drug-likeness (QED) is 0.711. The molecule has 1 fully saturated rings. The number of nitrogens with zero attached hydrogens (tertiary/aromatic N) is 4. The number of rotatable bonds is 4. The van der Waals surface area contributed by atoms with Crippen LogP contribution in [0.25, 0.3) is 0 Å². The minimum absolute atomic E-state index is 0.174. The highest BCUT2D eigenvalue weighted by molar-refractivity contribution is 5.93. The van der Waals surface area contributed by atoms with Crippen molar-refractivity contribution in [3.05, 3.63) is 48.5 Å². The molecule has 30 heavy (non-hydrogen) atoms. The Balaban J connectivity index is 1.69. The molecule has 160 valence electrons. The van der Waals surface area contributed by atoms with Crippen LogP contribution in [0, 0.1) is 12.8 Å². The fraction of sp³-hybridized carbons (Fsp3) is 0.455. The number of hydrogen-bond acceptors (Lipinski definition) is 6. The Labute approximate surface area is 176 Å². The van der Waals surface area contributed by atoms with Gasteiger partial charge in [0.2, 0.25) is 0 Å². The van der Waals surface area contributed by atoms with E-state index in [-0.39, 0.29) is 17.9 Å². The fourth-order valence-corrected chi connectivity index (χ4v) is 3.11. The molecule has 3 rings (SSSR count). The topological polar surface area (TPSA) is 84.9 Å². The van der Waals surface area contributed by atoms with Gasteiger partial charge in [0.25, 0.3) is 5.91 Å². The van der Waals surface area contributed by atoms with Crippen molar-refractivity contribution in [2.45, 2.75) is 46.1 Å². The number of carbonyl (C=O) groups is 2. The van der Waals surface area contributed by atoms with Crippen LogP contribution in [0.1, 0.15) is 39.3 Å². The van der Waals surface area contributed by atoms with Crippen molar-refractivity contribution in [3.8, 4) is 5.75 Å². The number of carbonyl (C=O) groups excluding carboxylic acids is 2. The summed E-state index contributed by atoms with van der Waals surface area (Å²) in [7, 11) is 0. The largest absolute Gasteiger partial charge is 0.444 e. The first-order chi connectivity index (χ1) is 14.2. The molecule has 0 saturated carbocycles. The number of ether oxygens (including phenoxy) is 1. The first kappa shape index (κ1) is 21.5. The first-order valence-electron chi connectivity index (χ1n) is 10.1. The van der Waals surface area contributed by atoms with E-state index in [1.54, 1.807) is 41.7 Å². The molecule has 8 nitrogen and oxygen atoms in total. The van der Waals surface area contributed by atoms with Crippen molar-refractivity contribution < 1.29 is 19.2 Å². The number of aryl methyl sites for hydroxylation is 1. The average Bonchev–Trinajstić information content (AvgIpc) is 2.72. The molecular weight excluding hydrogens is 384 g/mol. The highest BCUT2D eigenvalue weighted by Crippen LogP contribution is 2.25. The minimum atomic E-state index is -0.545. The maximum absolute atomic E-state index is 13.3. The third kappa shape index (κ3) is 5.68. The Hall–Kier alpha value is -3.16. The molecule has 8 heteroatoms. The lowest BCUT2D eigenvalue weighted by atomic mass is 9.96. The zero-order valence-electron chi connectivity index (χ0n) is 17.9. The van der Waals surface area contributed by atoms with Crippen LogP contribution >= 0.6 is 0 Å². The molecular formula is C22H28N4O4. The van der Waals surface area contributed by atoms with Crippen LogP contribution in [-0.2, 0) is 9.53 Å². The maximum atomic E-state index is 13.3. The molecule has 2 amide bonds. The third-order valence-corrected chi connectivity index (χ3v) is 4.66. The summed E-state index contributed by atoms with van der Waals surface area (Å²) in [5.41, 5.74) is 0.852. The van der Waals surface area contributed by atoms with E-state index in [0.717, 1.165) is 5.69 Å². The molecule has 0 aliphatic carbocycles. The molecule has 0 N–H and O–H groups in total. The van der Waals surface area contributed by atoms with Crippen LogP contribution in [0.2, 0.25) is 0 Å². The molecule has 0 radical (unpaired) electrons. The van der Waals surface area contributed by atoms with E-state index in [9.17, 15) is 9.59 Å². The molecule has 0 unspecified atom stereocenters. The molecule has 0 aromatic carbocycles. The third-order valence-electron chi connectivity index (χ3n) is 4.66. The van der Waals surface area contributed by atoms with Gasteiger partial charge >= 0.3 is 6.09 Å². The summed E-state index contributed by atoms with van der Waals surface area (Å²) >= 11 is 0. The molecule has 0 spiro atoms. The van der Waals surface area contributed by atoms with Gasteiger partial charge < -0.3 is 14.5 Å². The molecule has 2 aromatic heterocycles. The summed E-state index contributed by atoms with van der Waals surface area (Å²) in [4.78, 5) is 41.4. The summed E-state index contributed by atoms with van der Waals surface area (Å²) in [6, 6.07) is 7.10. The minimum Gasteiger partial charge on any atom is -0.444 e. The summed E-state index contributed by atoms with van der Waals surface area (Å²) in [6.45, 7) is 8.31. The van der Waals surface area contributed by atoms with Crippen molar-refractivity contribution in [1.29, 1.82) is 0 Å². The highest BCUT2D eigenvalue weighted by atomic mass is 16.7. The molecule has 3 heterocycles. The van der Waals surface area contributed by atoms with Gasteiger partial charge in [-0.05, 0) is 64.8 Å². The lowest BCUT2D eigenvalue weighted by Crippen LogP contribution is -2.46. The Morgan fingerprint density at radius 2 is 1.87 bits per heavy atom. The van der Waals surface area contributed by atoms with E-state index >= 15 is 0 Å². The van der Waals surface area contributed by atoms with Gasteiger partial charge in [-0.2, -0.15) is 0 Å². The van der Waals surface area contributed by atoms with E-state index in [1.807, 2.05) is 33.8 Å². The van der Waals surface area contributed by atoms with Crippen LogP contribution in [0.5, 0.6) is 5.75 Å². The summed E-state index contributed by atoms with van der Waals surface area (Å²) in [5, 5.41) is 1.27. The molecule has 1 aliphatic rings. The van der Waals surface area contributed by atoms with Gasteiger partial charge in [-0.15, -0.1) is 5.06 Å². The van der Waals surface area contributed by atoms with Crippen LogP contribution < -0.4 is 9.90 Å². The zero-order valence-corrected chi connectivity index (χ0v) is 17.9. The van der Waals surface area contributed by atoms with Gasteiger partial charge in [0.05, 0.1) is 12.4 Å². The number of anilines is 1. The number of piperidine rings is 1. The van der Waals surface area contributed by atoms with Crippen LogP contribution in [0.15, 0.2) is 42.9 Å². The molecule has 1 aliphatic heterocycles. The lowest BCUT2D eigenvalue weighted by molar-refractivity contribution is -0.128. The van der Waals surface area contributed by atoms with Gasteiger partial charge in [-0.25, -0.2) is 4.79 Å². The Kier molecular flexibility index (Phi) is 6.54. The van der Waals surface area contributed by atoms with Crippen molar-refractivity contribution in [2.75, 3.05) is 18.2 Å². The van der Waals surface area contributed by atoms with Crippen LogP contribution in [0.4, 0.5) is 10.5 Å². The van der Waals surface area contributed by atoms with Crippen molar-refractivity contribution in [3.63, 3.8) is 0 Å². The van der Waals surface area contributed by atoms with Crippen molar-refractivity contribution in [1.82, 2.24) is 14.9 Å². The lowest BCUT2D eigenvalue weighted by Gasteiger charge is -2.34. The van der Waals surface area contributed by atoms with Gasteiger partial charge in [0.1, 0.15) is 11.3 Å². The number of hydrogen-bond donors (Lipinski definition) is 0. The summed E-state index contributed by atoms with van der Waals surface area (Å²) in [5.74, 6) is 0.0127. The second-order valence-corrected chi connectivity index (χ2v) is 8.31. The molecule has 0 atom stereocenters. The average molecular weight is 412 g/mol. The van der Waals surface area contributed by atoms with Crippen molar-refractivity contribution >= 4 is 17.7 Å². The standard InChI is InChI=1S/C22H28N4O4/c1-16-7-8-19(15-24-16)30-26(18-6-5-11-23-14-18)20(27)17-9-12-25(13-10-17)21(28)29-22(2,3)4/h5-8,11,14-15,17H,9-10,12-13H2,1-4H3. The number of pyridine rings is 2. The highest BCUT2D eigenvalue weighted by Gasteiger charge is 2.33. The van der Waals surface area contributed by atoms with Gasteiger partial charge in [-0.1, -0.05) is 0 Å². The summed E-state index contributed by atoms with van der Waals surface area (Å²) in [6.07, 6.45) is 5.51. The summed E-state index contributed by atoms with van der Waals surface area (Å²) < 4.78 is 5.43. The Bertz CT molecular complexity index is 857. The van der Waals surface area contributed by atoms with E-state index in [2.05, 4.69) is 9.97 Å². The SMILES string of the molecule is Cc1ccc(ON(C(=O)C2CCN(C(=O)OC(C)(C)C)CC2)c2cccnc2)cn1. The van der Waals surface area contributed by atoms with Gasteiger partial charge in [0.15, 0.2) is 5.75 Å². The van der Waals surface area contributed by atoms with Crippen LogP contribution in [0.3, 0.4) is 0 Å². The van der Waals surface area contributed by atoms with E-state index in [1.165, 1.54) is 5.06 Å². The normalized spacial score (nSPS) is 14.9. The van der Waals surface area contributed by atoms with E-state index in [0.29, 0.717) is 37.4 Å². The second kappa shape index (κ2) is 9.11. The molecule has 1 saturated heterocycles. The van der Waals surface area contributed by atoms with Gasteiger partial charge in [-0.3, -0.25) is 14.8 Å². The molecule has 2 aromatic rings. The Morgan fingerprint density at radius 1 is 1.13 bits per heavy atom. The van der Waals surface area contributed by atoms with E-state index < -0.39 is 5.60 Å². The Morgan fingerprint density at radius 3 is 2.43 bits per heavy atom. The zero-order chi connectivity index (χ0) is 21.7. The fourth-order valence-electron chi connectivity index (χ4n) is 3.11. The predicted octanol–water partition coefficient (Wildman–Crippen LogP) is 3.76. The number of amides is 2. The molecule has 0 bridgehead atoms.